The number of aliphatic hydroxyl groups excluding tert-OH is 1. The number of hydrogen-bond donors (Lipinski definition) is 1. The summed E-state index contributed by atoms with van der Waals surface area (Å²) >= 11 is 0. The Kier molecular flexibility index (Phi) is 8.43. The van der Waals surface area contributed by atoms with E-state index < -0.39 is 6.10 Å². The molecule has 0 radical (unpaired) electrons. The smallest absolute Gasteiger partial charge is 0.308 e. The molecule has 1 aliphatic rings. The molecule has 1 saturated heterocycles. The minimum atomic E-state index is -0.689. The number of piperidine rings is 1. The van der Waals surface area contributed by atoms with Crippen LogP contribution in [0.5, 0.6) is 0 Å². The molecule has 2 aromatic rings. The van der Waals surface area contributed by atoms with Crippen LogP contribution in [0.2, 0.25) is 0 Å². The number of aliphatic hydroxyl groups is 1. The van der Waals surface area contributed by atoms with Gasteiger partial charge in [0.05, 0.1) is 25.2 Å². The van der Waals surface area contributed by atoms with Gasteiger partial charge in [-0.25, -0.2) is 0 Å². The van der Waals surface area contributed by atoms with Gasteiger partial charge in [-0.2, -0.15) is 0 Å². The summed E-state index contributed by atoms with van der Waals surface area (Å²) in [5.74, 6) is -0.341. The lowest BCUT2D eigenvalue weighted by molar-refractivity contribution is -0.145. The number of rotatable bonds is 9. The van der Waals surface area contributed by atoms with Gasteiger partial charge in [0.25, 0.3) is 0 Å². The highest BCUT2D eigenvalue weighted by molar-refractivity contribution is 5.69. The fourth-order valence-electron chi connectivity index (χ4n) is 3.91. The molecule has 3 rings (SSSR count). The monoisotopic (exact) mass is 411 g/mol. The molecule has 1 aliphatic heterocycles. The molecule has 162 valence electrons. The summed E-state index contributed by atoms with van der Waals surface area (Å²) in [5, 5.41) is 10.2. The number of benzene rings is 2. The zero-order valence-corrected chi connectivity index (χ0v) is 18.0. The predicted molar refractivity (Wildman–Crippen MR) is 117 cm³/mol. The number of hydrogen-bond acceptors (Lipinski definition) is 5. The van der Waals surface area contributed by atoms with Gasteiger partial charge >= 0.3 is 5.97 Å². The lowest BCUT2D eigenvalue weighted by Crippen LogP contribution is -2.42. The molecule has 2 unspecified atom stereocenters. The van der Waals surface area contributed by atoms with E-state index in [9.17, 15) is 9.90 Å². The molecule has 5 heteroatoms. The third kappa shape index (κ3) is 6.66. The van der Waals surface area contributed by atoms with Crippen molar-refractivity contribution in [3.8, 4) is 0 Å². The zero-order chi connectivity index (χ0) is 21.3. The summed E-state index contributed by atoms with van der Waals surface area (Å²) in [6.45, 7) is 6.39. The van der Waals surface area contributed by atoms with Gasteiger partial charge in [-0.1, -0.05) is 60.2 Å². The fourth-order valence-corrected chi connectivity index (χ4v) is 3.91. The molecule has 0 bridgehead atoms. The Hall–Kier alpha value is -2.21. The van der Waals surface area contributed by atoms with Gasteiger partial charge in [-0.3, -0.25) is 4.79 Å². The number of carbonyl (C=O) groups excluding carboxylic acids is 1. The molecule has 2 atom stereocenters. The van der Waals surface area contributed by atoms with Gasteiger partial charge < -0.3 is 19.5 Å². The molecule has 2 aromatic carbocycles. The highest BCUT2D eigenvalue weighted by atomic mass is 16.5. The normalized spacial score (nSPS) is 17.4. The predicted octanol–water partition coefficient (Wildman–Crippen LogP) is 3.88. The van der Waals surface area contributed by atoms with Crippen molar-refractivity contribution in [1.29, 1.82) is 0 Å². The van der Waals surface area contributed by atoms with Crippen LogP contribution in [0.25, 0.3) is 0 Å². The highest BCUT2D eigenvalue weighted by Crippen LogP contribution is 2.30. The van der Waals surface area contributed by atoms with Gasteiger partial charge in [0.1, 0.15) is 6.10 Å². The lowest BCUT2D eigenvalue weighted by atomic mass is 9.99. The third-order valence-electron chi connectivity index (χ3n) is 5.52. The first kappa shape index (κ1) is 22.5. The SMILES string of the molecule is CCOC(=O)CC(O)CN1CCC(OC(c2ccccc2)c2ccc(C)cc2)CC1. The molecule has 0 aromatic heterocycles. The van der Waals surface area contributed by atoms with Gasteiger partial charge in [0, 0.05) is 19.6 Å². The average molecular weight is 412 g/mol. The van der Waals surface area contributed by atoms with Crippen LogP contribution in [-0.4, -0.2) is 54.4 Å². The average Bonchev–Trinajstić information content (AvgIpc) is 2.74. The number of carbonyl (C=O) groups is 1. The molecule has 1 heterocycles. The van der Waals surface area contributed by atoms with E-state index in [1.165, 1.54) is 11.1 Å². The van der Waals surface area contributed by atoms with Crippen molar-refractivity contribution < 1.29 is 19.4 Å². The first-order valence-corrected chi connectivity index (χ1v) is 10.9. The molecule has 0 aliphatic carbocycles. The summed E-state index contributed by atoms with van der Waals surface area (Å²) in [6.07, 6.45) is 1.25. The maximum absolute atomic E-state index is 11.5. The Morgan fingerprint density at radius 2 is 1.70 bits per heavy atom. The Morgan fingerprint density at radius 1 is 1.07 bits per heavy atom. The van der Waals surface area contributed by atoms with Crippen LogP contribution >= 0.6 is 0 Å². The Balaban J connectivity index is 1.56. The molecule has 1 N–H and O–H groups in total. The quantitative estimate of drug-likeness (QED) is 0.635. The van der Waals surface area contributed by atoms with Gasteiger partial charge in [-0.15, -0.1) is 0 Å². The Labute approximate surface area is 179 Å². The molecule has 0 spiro atoms. The number of likely N-dealkylation sites (tertiary alicyclic amines) is 1. The molecule has 5 nitrogen and oxygen atoms in total. The van der Waals surface area contributed by atoms with Crippen LogP contribution in [0, 0.1) is 6.92 Å². The fraction of sp³-hybridized carbons (Fsp3) is 0.480. The van der Waals surface area contributed by atoms with Crippen molar-refractivity contribution >= 4 is 5.97 Å². The standard InChI is InChI=1S/C25H33NO4/c1-3-29-24(28)17-22(27)18-26-15-13-23(14-16-26)30-25(20-7-5-4-6-8-20)21-11-9-19(2)10-12-21/h4-12,22-23,25,27H,3,13-18H2,1-2H3. The molecule has 1 fully saturated rings. The number of ether oxygens (including phenoxy) is 2. The number of β-amino-alcohol motifs (C(OH)–C–C–N with tert-alkyl or cyclic N) is 1. The van der Waals surface area contributed by atoms with E-state index in [-0.39, 0.29) is 24.6 Å². The van der Waals surface area contributed by atoms with Crippen LogP contribution in [0.15, 0.2) is 54.6 Å². The van der Waals surface area contributed by atoms with Crippen molar-refractivity contribution in [2.45, 2.75) is 51.4 Å². The second-order valence-corrected chi connectivity index (χ2v) is 8.00. The van der Waals surface area contributed by atoms with Crippen molar-refractivity contribution in [2.75, 3.05) is 26.2 Å². The van der Waals surface area contributed by atoms with E-state index in [0.29, 0.717) is 13.2 Å². The second-order valence-electron chi connectivity index (χ2n) is 8.00. The van der Waals surface area contributed by atoms with E-state index in [4.69, 9.17) is 9.47 Å². The Morgan fingerprint density at radius 3 is 2.33 bits per heavy atom. The van der Waals surface area contributed by atoms with Gasteiger partial charge in [0.15, 0.2) is 0 Å². The minimum absolute atomic E-state index is 0.0494. The summed E-state index contributed by atoms with van der Waals surface area (Å²) in [7, 11) is 0. The topological polar surface area (TPSA) is 59.0 Å². The van der Waals surface area contributed by atoms with Crippen LogP contribution < -0.4 is 0 Å². The molecule has 30 heavy (non-hydrogen) atoms. The molecule has 0 amide bonds. The highest BCUT2D eigenvalue weighted by Gasteiger charge is 2.26. The number of aryl methyl sites for hydroxylation is 1. The third-order valence-corrected chi connectivity index (χ3v) is 5.52. The van der Waals surface area contributed by atoms with Crippen LogP contribution in [0.1, 0.15) is 49.0 Å². The lowest BCUT2D eigenvalue weighted by Gasteiger charge is -2.35. The number of nitrogens with zero attached hydrogens (tertiary/aromatic N) is 1. The van der Waals surface area contributed by atoms with Crippen LogP contribution in [0.3, 0.4) is 0 Å². The summed E-state index contributed by atoms with van der Waals surface area (Å²) in [5.41, 5.74) is 3.56. The van der Waals surface area contributed by atoms with Crippen molar-refractivity contribution in [3.63, 3.8) is 0 Å². The number of esters is 1. The van der Waals surface area contributed by atoms with E-state index in [1.807, 2.05) is 18.2 Å². The van der Waals surface area contributed by atoms with Crippen molar-refractivity contribution in [2.24, 2.45) is 0 Å². The molecule has 0 saturated carbocycles. The maximum Gasteiger partial charge on any atom is 0.308 e. The van der Waals surface area contributed by atoms with Gasteiger partial charge in [-0.05, 0) is 37.8 Å². The van der Waals surface area contributed by atoms with E-state index >= 15 is 0 Å². The summed E-state index contributed by atoms with van der Waals surface area (Å²) in [6, 6.07) is 18.9. The molecular weight excluding hydrogens is 378 g/mol. The summed E-state index contributed by atoms with van der Waals surface area (Å²) < 4.78 is 11.5. The van der Waals surface area contributed by atoms with E-state index in [0.717, 1.165) is 31.5 Å². The summed E-state index contributed by atoms with van der Waals surface area (Å²) in [4.78, 5) is 13.7. The van der Waals surface area contributed by atoms with E-state index in [2.05, 4.69) is 48.2 Å². The van der Waals surface area contributed by atoms with Gasteiger partial charge in [0.2, 0.25) is 0 Å². The Bertz CT molecular complexity index is 769. The zero-order valence-electron chi connectivity index (χ0n) is 18.0. The maximum atomic E-state index is 11.5. The second kappa shape index (κ2) is 11.3. The molecular formula is C25H33NO4. The largest absolute Gasteiger partial charge is 0.466 e. The first-order valence-electron chi connectivity index (χ1n) is 10.9. The van der Waals surface area contributed by atoms with Crippen molar-refractivity contribution in [1.82, 2.24) is 4.90 Å². The first-order chi connectivity index (χ1) is 14.5. The van der Waals surface area contributed by atoms with Crippen LogP contribution in [0.4, 0.5) is 0 Å². The van der Waals surface area contributed by atoms with E-state index in [1.54, 1.807) is 6.92 Å². The van der Waals surface area contributed by atoms with Crippen LogP contribution in [-0.2, 0) is 14.3 Å². The van der Waals surface area contributed by atoms with Crippen molar-refractivity contribution in [3.05, 3.63) is 71.3 Å². The minimum Gasteiger partial charge on any atom is -0.466 e.